The standard InChI is InChI=1S/C17H14F2N2O4S/c18-10-5-6-13(12(19)9-10)21-17(23)16-15(20-7-8-22)11-3-1-2-4-14(11)26(16,24)25/h1-6,9,20,22H,7-8H2,(H,21,23). The highest BCUT2D eigenvalue weighted by atomic mass is 32.2. The van der Waals surface area contributed by atoms with E-state index in [9.17, 15) is 22.0 Å². The van der Waals surface area contributed by atoms with Crippen LogP contribution in [0, 0.1) is 11.6 Å². The van der Waals surface area contributed by atoms with Crippen molar-refractivity contribution in [2.75, 3.05) is 18.5 Å². The average Bonchev–Trinajstić information content (AvgIpc) is 2.83. The number of aliphatic hydroxyl groups excluding tert-OH is 1. The Hall–Kier alpha value is -2.78. The van der Waals surface area contributed by atoms with Gasteiger partial charge in [0.25, 0.3) is 5.91 Å². The van der Waals surface area contributed by atoms with Gasteiger partial charge in [-0.25, -0.2) is 17.2 Å². The zero-order valence-electron chi connectivity index (χ0n) is 13.3. The molecule has 26 heavy (non-hydrogen) atoms. The number of rotatable bonds is 5. The van der Waals surface area contributed by atoms with Gasteiger partial charge in [-0.05, 0) is 18.2 Å². The van der Waals surface area contributed by atoms with E-state index >= 15 is 0 Å². The van der Waals surface area contributed by atoms with Crippen LogP contribution in [0.3, 0.4) is 0 Å². The van der Waals surface area contributed by atoms with E-state index in [1.54, 1.807) is 6.07 Å². The summed E-state index contributed by atoms with van der Waals surface area (Å²) in [5.41, 5.74) is -0.0445. The minimum atomic E-state index is -4.14. The maximum absolute atomic E-state index is 13.8. The van der Waals surface area contributed by atoms with E-state index in [4.69, 9.17) is 5.11 Å². The smallest absolute Gasteiger partial charge is 0.269 e. The van der Waals surface area contributed by atoms with Crippen molar-refractivity contribution in [2.24, 2.45) is 0 Å². The lowest BCUT2D eigenvalue weighted by Gasteiger charge is -2.10. The number of benzene rings is 2. The lowest BCUT2D eigenvalue weighted by molar-refractivity contribution is -0.112. The van der Waals surface area contributed by atoms with Gasteiger partial charge in [0.2, 0.25) is 9.84 Å². The number of carbonyl (C=O) groups is 1. The van der Waals surface area contributed by atoms with E-state index in [0.717, 1.165) is 12.1 Å². The Kier molecular flexibility index (Phi) is 4.75. The first-order chi connectivity index (χ1) is 12.4. The molecule has 2 aromatic carbocycles. The number of hydrogen-bond acceptors (Lipinski definition) is 5. The van der Waals surface area contributed by atoms with Crippen LogP contribution >= 0.6 is 0 Å². The number of hydrogen-bond donors (Lipinski definition) is 3. The molecule has 2 aromatic rings. The van der Waals surface area contributed by atoms with Crippen LogP contribution in [0.2, 0.25) is 0 Å². The highest BCUT2D eigenvalue weighted by Crippen LogP contribution is 2.38. The van der Waals surface area contributed by atoms with Crippen LogP contribution in [0.5, 0.6) is 0 Å². The predicted octanol–water partition coefficient (Wildman–Crippen LogP) is 1.64. The summed E-state index contributed by atoms with van der Waals surface area (Å²) in [4.78, 5) is 11.9. The van der Waals surface area contributed by atoms with Crippen LogP contribution in [0.15, 0.2) is 52.3 Å². The first-order valence-electron chi connectivity index (χ1n) is 7.56. The second-order valence-corrected chi connectivity index (χ2v) is 7.29. The van der Waals surface area contributed by atoms with Crippen LogP contribution < -0.4 is 10.6 Å². The van der Waals surface area contributed by atoms with E-state index in [-0.39, 0.29) is 35.0 Å². The van der Waals surface area contributed by atoms with Crippen LogP contribution in [0.4, 0.5) is 14.5 Å². The molecule has 0 radical (unpaired) electrons. The van der Waals surface area contributed by atoms with Gasteiger partial charge in [-0.2, -0.15) is 0 Å². The fourth-order valence-corrected chi connectivity index (χ4v) is 4.32. The zero-order chi connectivity index (χ0) is 18.9. The number of amides is 1. The molecule has 6 nitrogen and oxygen atoms in total. The molecule has 1 aliphatic heterocycles. The van der Waals surface area contributed by atoms with Crippen molar-refractivity contribution in [1.82, 2.24) is 5.32 Å². The molecule has 1 aliphatic rings. The van der Waals surface area contributed by atoms with Gasteiger partial charge in [0, 0.05) is 18.2 Å². The van der Waals surface area contributed by atoms with Crippen molar-refractivity contribution in [3.8, 4) is 0 Å². The molecule has 1 amide bonds. The van der Waals surface area contributed by atoms with Gasteiger partial charge in [-0.3, -0.25) is 4.79 Å². The summed E-state index contributed by atoms with van der Waals surface area (Å²) in [6.07, 6.45) is 0. The van der Waals surface area contributed by atoms with Crippen LogP contribution in [-0.4, -0.2) is 32.6 Å². The summed E-state index contributed by atoms with van der Waals surface area (Å²) < 4.78 is 52.3. The molecule has 0 atom stereocenters. The second-order valence-electron chi connectivity index (χ2n) is 5.43. The van der Waals surface area contributed by atoms with Gasteiger partial charge in [-0.1, -0.05) is 18.2 Å². The van der Waals surface area contributed by atoms with Gasteiger partial charge in [-0.15, -0.1) is 0 Å². The van der Waals surface area contributed by atoms with Crippen LogP contribution in [-0.2, 0) is 14.6 Å². The largest absolute Gasteiger partial charge is 0.395 e. The first kappa shape index (κ1) is 18.0. The van der Waals surface area contributed by atoms with E-state index < -0.39 is 32.3 Å². The fourth-order valence-electron chi connectivity index (χ4n) is 2.64. The summed E-state index contributed by atoms with van der Waals surface area (Å²) in [7, 11) is -4.14. The Balaban J connectivity index is 2.06. The quantitative estimate of drug-likeness (QED) is 0.733. The number of halogens is 2. The maximum atomic E-state index is 13.8. The number of carbonyl (C=O) groups excluding carboxylic acids is 1. The Morgan fingerprint density at radius 1 is 1.12 bits per heavy atom. The van der Waals surface area contributed by atoms with E-state index in [0.29, 0.717) is 6.07 Å². The lowest BCUT2D eigenvalue weighted by Crippen LogP contribution is -2.24. The van der Waals surface area contributed by atoms with E-state index in [2.05, 4.69) is 10.6 Å². The van der Waals surface area contributed by atoms with E-state index in [1.165, 1.54) is 18.2 Å². The molecule has 0 saturated carbocycles. The topological polar surface area (TPSA) is 95.5 Å². The second kappa shape index (κ2) is 6.85. The zero-order valence-corrected chi connectivity index (χ0v) is 14.1. The summed E-state index contributed by atoms with van der Waals surface area (Å²) in [5.74, 6) is -2.92. The molecule has 0 saturated heterocycles. The number of anilines is 1. The fraction of sp³-hybridized carbons (Fsp3) is 0.118. The molecular weight excluding hydrogens is 366 g/mol. The Bertz CT molecular complexity index is 1020. The Morgan fingerprint density at radius 3 is 2.54 bits per heavy atom. The average molecular weight is 380 g/mol. The number of nitrogens with one attached hydrogen (secondary N) is 2. The molecule has 0 bridgehead atoms. The van der Waals surface area contributed by atoms with Gasteiger partial charge in [0.1, 0.15) is 11.6 Å². The predicted molar refractivity (Wildman–Crippen MR) is 90.6 cm³/mol. The third-order valence-electron chi connectivity index (χ3n) is 3.74. The molecule has 136 valence electrons. The Morgan fingerprint density at radius 2 is 1.85 bits per heavy atom. The molecule has 1 heterocycles. The molecular formula is C17H14F2N2O4S. The van der Waals surface area contributed by atoms with Gasteiger partial charge in [0.05, 0.1) is 22.9 Å². The van der Waals surface area contributed by atoms with Gasteiger partial charge < -0.3 is 15.7 Å². The van der Waals surface area contributed by atoms with Crippen molar-refractivity contribution >= 4 is 27.1 Å². The van der Waals surface area contributed by atoms with E-state index in [1.807, 2.05) is 0 Å². The van der Waals surface area contributed by atoms with Gasteiger partial charge >= 0.3 is 0 Å². The Labute approximate surface area is 148 Å². The van der Waals surface area contributed by atoms with Crippen molar-refractivity contribution in [3.63, 3.8) is 0 Å². The number of sulfone groups is 1. The molecule has 0 unspecified atom stereocenters. The number of fused-ring (bicyclic) bond motifs is 1. The van der Waals surface area contributed by atoms with Crippen molar-refractivity contribution < 1.29 is 27.1 Å². The third-order valence-corrected chi connectivity index (χ3v) is 5.60. The van der Waals surface area contributed by atoms with Crippen LogP contribution in [0.1, 0.15) is 5.56 Å². The SMILES string of the molecule is O=C(Nc1ccc(F)cc1F)C1=C(NCCO)c2ccccc2S1(=O)=O. The number of aliphatic hydroxyl groups is 1. The lowest BCUT2D eigenvalue weighted by atomic mass is 10.1. The minimum absolute atomic E-state index is 0.0148. The van der Waals surface area contributed by atoms with Crippen molar-refractivity contribution in [3.05, 3.63) is 64.6 Å². The molecule has 0 spiro atoms. The highest BCUT2D eigenvalue weighted by Gasteiger charge is 2.39. The molecule has 9 heteroatoms. The maximum Gasteiger partial charge on any atom is 0.269 e. The third kappa shape index (κ3) is 3.06. The molecule has 0 aliphatic carbocycles. The minimum Gasteiger partial charge on any atom is -0.395 e. The van der Waals surface area contributed by atoms with Crippen molar-refractivity contribution in [2.45, 2.75) is 4.90 Å². The molecule has 0 fully saturated rings. The molecule has 3 N–H and O–H groups in total. The monoisotopic (exact) mass is 380 g/mol. The first-order valence-corrected chi connectivity index (χ1v) is 9.04. The molecule has 3 rings (SSSR count). The van der Waals surface area contributed by atoms with Crippen molar-refractivity contribution in [1.29, 1.82) is 0 Å². The molecule has 0 aromatic heterocycles. The normalized spacial score (nSPS) is 14.9. The summed E-state index contributed by atoms with van der Waals surface area (Å²) in [6.45, 7) is -0.270. The van der Waals surface area contributed by atoms with Gasteiger partial charge in [0.15, 0.2) is 4.91 Å². The summed E-state index contributed by atoms with van der Waals surface area (Å²) in [6, 6.07) is 8.51. The van der Waals surface area contributed by atoms with Crippen LogP contribution in [0.25, 0.3) is 5.70 Å². The highest BCUT2D eigenvalue weighted by molar-refractivity contribution is 7.97. The summed E-state index contributed by atoms with van der Waals surface area (Å²) >= 11 is 0. The summed E-state index contributed by atoms with van der Waals surface area (Å²) in [5, 5.41) is 13.9.